The van der Waals surface area contributed by atoms with Crippen molar-refractivity contribution in [1.29, 1.82) is 0 Å². The lowest BCUT2D eigenvalue weighted by molar-refractivity contribution is -0.156. The van der Waals surface area contributed by atoms with Gasteiger partial charge in [0.1, 0.15) is 11.9 Å². The van der Waals surface area contributed by atoms with Gasteiger partial charge in [-0.25, -0.2) is 0 Å². The maximum absolute atomic E-state index is 11.9. The smallest absolute Gasteiger partial charge is 0.302 e. The lowest BCUT2D eigenvalue weighted by atomic mass is 9.58. The van der Waals surface area contributed by atoms with Crippen molar-refractivity contribution < 1.29 is 14.3 Å². The first-order valence-corrected chi connectivity index (χ1v) is 10.5. The van der Waals surface area contributed by atoms with Crippen molar-refractivity contribution in [3.63, 3.8) is 0 Å². The minimum absolute atomic E-state index is 0.0612. The van der Waals surface area contributed by atoms with Crippen LogP contribution in [0.5, 0.6) is 0 Å². The average molecular weight is 357 g/mol. The predicted octanol–water partition coefficient (Wildman–Crippen LogP) is 5.15. The van der Waals surface area contributed by atoms with E-state index in [0.29, 0.717) is 30.0 Å². The third-order valence-corrected chi connectivity index (χ3v) is 7.68. The highest BCUT2D eigenvalue weighted by Crippen LogP contribution is 2.61. The summed E-state index contributed by atoms with van der Waals surface area (Å²) in [4.78, 5) is 23.7. The van der Waals surface area contributed by atoms with Crippen LogP contribution in [0.15, 0.2) is 22.8 Å². The van der Waals surface area contributed by atoms with Gasteiger partial charge in [-0.3, -0.25) is 9.59 Å². The molecule has 1 saturated carbocycles. The molecule has 3 heteroatoms. The summed E-state index contributed by atoms with van der Waals surface area (Å²) in [7, 11) is 0. The molecule has 4 aliphatic carbocycles. The second-order valence-electron chi connectivity index (χ2n) is 9.23. The summed E-state index contributed by atoms with van der Waals surface area (Å²) in [5, 5.41) is 0. The zero-order valence-electron chi connectivity index (χ0n) is 16.5. The van der Waals surface area contributed by atoms with E-state index in [1.807, 2.05) is 0 Å². The monoisotopic (exact) mass is 356 g/mol. The van der Waals surface area contributed by atoms with Crippen molar-refractivity contribution in [2.75, 3.05) is 0 Å². The van der Waals surface area contributed by atoms with Crippen LogP contribution in [-0.2, 0) is 14.3 Å². The maximum atomic E-state index is 11.9. The van der Waals surface area contributed by atoms with Crippen molar-refractivity contribution in [3.05, 3.63) is 22.8 Å². The summed E-state index contributed by atoms with van der Waals surface area (Å²) < 4.78 is 5.92. The van der Waals surface area contributed by atoms with Gasteiger partial charge in [-0.1, -0.05) is 31.9 Å². The second-order valence-corrected chi connectivity index (χ2v) is 9.23. The number of fused-ring (bicyclic) bond motifs is 4. The van der Waals surface area contributed by atoms with Crippen LogP contribution in [0.3, 0.4) is 0 Å². The van der Waals surface area contributed by atoms with Gasteiger partial charge in [0.05, 0.1) is 0 Å². The zero-order valence-corrected chi connectivity index (χ0v) is 16.5. The van der Waals surface area contributed by atoms with E-state index in [0.717, 1.165) is 38.5 Å². The number of hydrogen-bond donors (Lipinski definition) is 0. The molecule has 0 aromatic heterocycles. The molecule has 0 unspecified atom stereocenters. The molecule has 0 amide bonds. The number of allylic oxidation sites excluding steroid dienone is 4. The fourth-order valence-electron chi connectivity index (χ4n) is 6.60. The Balaban J connectivity index is 1.67. The Morgan fingerprint density at radius 1 is 1.31 bits per heavy atom. The summed E-state index contributed by atoms with van der Waals surface area (Å²) in [6.45, 7) is 6.15. The van der Waals surface area contributed by atoms with Crippen LogP contribution in [0.1, 0.15) is 78.6 Å². The van der Waals surface area contributed by atoms with E-state index in [4.69, 9.17) is 4.74 Å². The molecule has 0 spiro atoms. The van der Waals surface area contributed by atoms with Gasteiger partial charge in [0.2, 0.25) is 0 Å². The first-order valence-electron chi connectivity index (χ1n) is 10.5. The van der Waals surface area contributed by atoms with Crippen LogP contribution in [0.4, 0.5) is 0 Å². The Morgan fingerprint density at radius 2 is 2.12 bits per heavy atom. The quantitative estimate of drug-likeness (QED) is 0.657. The van der Waals surface area contributed by atoms with E-state index < -0.39 is 0 Å². The Kier molecular flexibility index (Phi) is 4.61. The molecule has 4 rings (SSSR count). The number of hydrogen-bond acceptors (Lipinski definition) is 3. The minimum atomic E-state index is -0.132. The SMILES string of the molecule is CCC[C@@H]1C[C@H]2[C@@H]3CCC4=C(CCC(=O)C4)C3=CC[C@]2(C)[C@H]1OC(C)=O. The molecular formula is C23H32O3. The normalized spacial score (nSPS) is 39.0. The van der Waals surface area contributed by atoms with E-state index in [1.54, 1.807) is 12.5 Å². The molecular weight excluding hydrogens is 324 g/mol. The summed E-state index contributed by atoms with van der Waals surface area (Å²) in [6.07, 6.45) is 11.6. The molecule has 0 bridgehead atoms. The summed E-state index contributed by atoms with van der Waals surface area (Å²) >= 11 is 0. The Bertz CT molecular complexity index is 686. The molecule has 142 valence electrons. The maximum Gasteiger partial charge on any atom is 0.302 e. The number of carbonyl (C=O) groups is 2. The Hall–Kier alpha value is -1.38. The first-order chi connectivity index (χ1) is 12.4. The standard InChI is InChI=1S/C23H32O3/c1-4-5-16-13-21-20-8-6-15-12-17(25)7-9-18(15)19(20)10-11-23(21,3)22(16)26-14(2)24/h10,16,20-22H,4-9,11-13H2,1-3H3/t16-,20-,21+,22+,23+/m1/s1. The fourth-order valence-corrected chi connectivity index (χ4v) is 6.60. The lowest BCUT2D eigenvalue weighted by Crippen LogP contribution is -2.43. The Morgan fingerprint density at radius 3 is 2.85 bits per heavy atom. The van der Waals surface area contributed by atoms with Gasteiger partial charge in [0.25, 0.3) is 0 Å². The highest BCUT2D eigenvalue weighted by Gasteiger charge is 2.57. The van der Waals surface area contributed by atoms with Crippen molar-refractivity contribution in [2.45, 2.75) is 84.7 Å². The number of esters is 1. The van der Waals surface area contributed by atoms with E-state index in [2.05, 4.69) is 19.9 Å². The zero-order chi connectivity index (χ0) is 18.5. The minimum Gasteiger partial charge on any atom is -0.462 e. The van der Waals surface area contributed by atoms with E-state index in [9.17, 15) is 9.59 Å². The molecule has 0 aromatic rings. The van der Waals surface area contributed by atoms with Crippen molar-refractivity contribution >= 4 is 11.8 Å². The third kappa shape index (κ3) is 2.78. The average Bonchev–Trinajstić information content (AvgIpc) is 2.87. The molecule has 4 aliphatic rings. The van der Waals surface area contributed by atoms with E-state index in [1.165, 1.54) is 24.0 Å². The highest BCUT2D eigenvalue weighted by molar-refractivity contribution is 5.83. The molecule has 26 heavy (non-hydrogen) atoms. The van der Waals surface area contributed by atoms with E-state index in [-0.39, 0.29) is 17.5 Å². The second kappa shape index (κ2) is 6.65. The number of carbonyl (C=O) groups excluding carboxylic acids is 2. The van der Waals surface area contributed by atoms with Gasteiger partial charge in [0.15, 0.2) is 0 Å². The molecule has 5 atom stereocenters. The summed E-state index contributed by atoms with van der Waals surface area (Å²) in [6, 6.07) is 0. The molecule has 0 saturated heterocycles. The number of ketones is 1. The molecule has 0 aliphatic heterocycles. The van der Waals surface area contributed by atoms with Crippen LogP contribution in [0, 0.1) is 23.2 Å². The Labute approximate surface area is 157 Å². The van der Waals surface area contributed by atoms with Gasteiger partial charge < -0.3 is 4.74 Å². The summed E-state index contributed by atoms with van der Waals surface area (Å²) in [5.74, 6) is 1.99. The lowest BCUT2D eigenvalue weighted by Gasteiger charge is -2.47. The third-order valence-electron chi connectivity index (χ3n) is 7.68. The van der Waals surface area contributed by atoms with Crippen molar-refractivity contribution in [1.82, 2.24) is 0 Å². The van der Waals surface area contributed by atoms with Crippen LogP contribution in [0.2, 0.25) is 0 Å². The fraction of sp³-hybridized carbons (Fsp3) is 0.739. The molecule has 0 heterocycles. The van der Waals surface area contributed by atoms with Gasteiger partial charge in [-0.2, -0.15) is 0 Å². The van der Waals surface area contributed by atoms with Crippen molar-refractivity contribution in [2.24, 2.45) is 23.2 Å². The number of ether oxygens (including phenoxy) is 1. The van der Waals surface area contributed by atoms with E-state index >= 15 is 0 Å². The largest absolute Gasteiger partial charge is 0.462 e. The number of rotatable bonds is 3. The molecule has 1 fully saturated rings. The van der Waals surface area contributed by atoms with Gasteiger partial charge >= 0.3 is 5.97 Å². The summed E-state index contributed by atoms with van der Waals surface area (Å²) in [5.41, 5.74) is 4.57. The molecule has 3 nitrogen and oxygen atoms in total. The molecule has 0 aromatic carbocycles. The van der Waals surface area contributed by atoms with Crippen LogP contribution in [0.25, 0.3) is 0 Å². The van der Waals surface area contributed by atoms with Crippen LogP contribution < -0.4 is 0 Å². The van der Waals surface area contributed by atoms with Crippen LogP contribution >= 0.6 is 0 Å². The topological polar surface area (TPSA) is 43.4 Å². The molecule has 0 N–H and O–H groups in total. The van der Waals surface area contributed by atoms with Crippen LogP contribution in [-0.4, -0.2) is 17.9 Å². The van der Waals surface area contributed by atoms with Gasteiger partial charge in [-0.05, 0) is 67.4 Å². The van der Waals surface area contributed by atoms with Gasteiger partial charge in [-0.15, -0.1) is 0 Å². The first kappa shape index (κ1) is 18.0. The molecule has 0 radical (unpaired) electrons. The number of Topliss-reactive ketones (excluding diaryl/α,β-unsaturated/α-hetero) is 1. The van der Waals surface area contributed by atoms with Crippen molar-refractivity contribution in [3.8, 4) is 0 Å². The van der Waals surface area contributed by atoms with Gasteiger partial charge in [0, 0.05) is 25.2 Å². The predicted molar refractivity (Wildman–Crippen MR) is 101 cm³/mol. The highest BCUT2D eigenvalue weighted by atomic mass is 16.5.